The van der Waals surface area contributed by atoms with E-state index in [0.717, 1.165) is 15.1 Å². The van der Waals surface area contributed by atoms with Gasteiger partial charge in [0.2, 0.25) is 5.91 Å². The van der Waals surface area contributed by atoms with Crippen LogP contribution in [0.1, 0.15) is 6.92 Å². The summed E-state index contributed by atoms with van der Waals surface area (Å²) in [6, 6.07) is 6.80. The summed E-state index contributed by atoms with van der Waals surface area (Å²) in [6.45, 7) is 1.72. The van der Waals surface area contributed by atoms with E-state index in [0.29, 0.717) is 16.3 Å². The van der Waals surface area contributed by atoms with E-state index in [1.807, 2.05) is 24.3 Å². The van der Waals surface area contributed by atoms with E-state index < -0.39 is 12.0 Å². The Morgan fingerprint density at radius 2 is 2.14 bits per heavy atom. The summed E-state index contributed by atoms with van der Waals surface area (Å²) in [7, 11) is 0. The van der Waals surface area contributed by atoms with Crippen molar-refractivity contribution >= 4 is 67.6 Å². The van der Waals surface area contributed by atoms with E-state index in [1.165, 1.54) is 28.0 Å². The minimum Gasteiger partial charge on any atom is -0.477 e. The number of β-lactam (4-membered cyclic amide) rings is 1. The summed E-state index contributed by atoms with van der Waals surface area (Å²) in [5.74, 6) is -1.31. The number of hydrogen-bond donors (Lipinski definition) is 3. The second-order valence-electron chi connectivity index (χ2n) is 6.54. The van der Waals surface area contributed by atoms with Gasteiger partial charge in [0, 0.05) is 15.5 Å². The number of rotatable bonds is 5. The molecule has 10 heteroatoms. The molecule has 4 rings (SSSR count). The zero-order valence-electron chi connectivity index (χ0n) is 14.7. The highest BCUT2D eigenvalue weighted by atomic mass is 35.5. The maximum absolute atomic E-state index is 12.4. The quantitative estimate of drug-likeness (QED) is 0.622. The van der Waals surface area contributed by atoms with Gasteiger partial charge in [-0.2, -0.15) is 0 Å². The van der Waals surface area contributed by atoms with Gasteiger partial charge >= 0.3 is 5.97 Å². The van der Waals surface area contributed by atoms with Crippen molar-refractivity contribution in [2.24, 2.45) is 0 Å². The van der Waals surface area contributed by atoms with Crippen LogP contribution in [0.4, 0.5) is 5.00 Å². The molecule has 2 aromatic rings. The predicted octanol–water partition coefficient (Wildman–Crippen LogP) is 2.73. The maximum Gasteiger partial charge on any atom is 0.352 e. The van der Waals surface area contributed by atoms with Crippen molar-refractivity contribution in [3.8, 4) is 0 Å². The number of fused-ring (bicyclic) bond motifs is 2. The third-order valence-corrected chi connectivity index (χ3v) is 7.31. The van der Waals surface area contributed by atoms with Crippen LogP contribution in [-0.4, -0.2) is 51.5 Å². The van der Waals surface area contributed by atoms with Crippen LogP contribution < -0.4 is 10.6 Å². The van der Waals surface area contributed by atoms with Gasteiger partial charge in [0.25, 0.3) is 5.91 Å². The molecule has 1 saturated heterocycles. The number of aliphatic carboxylic acids is 1. The molecule has 2 aliphatic rings. The molecular weight excluding hydrogens is 422 g/mol. The van der Waals surface area contributed by atoms with E-state index >= 15 is 0 Å². The topological polar surface area (TPSA) is 98.7 Å². The number of carboxylic acids is 1. The molecule has 1 fully saturated rings. The average Bonchev–Trinajstić information content (AvgIpc) is 3.06. The molecule has 2 amide bonds. The number of thiophene rings is 1. The summed E-state index contributed by atoms with van der Waals surface area (Å²) in [6.07, 6.45) is 0. The van der Waals surface area contributed by atoms with Crippen LogP contribution >= 0.6 is 34.7 Å². The van der Waals surface area contributed by atoms with Crippen molar-refractivity contribution in [2.75, 3.05) is 17.6 Å². The molecule has 0 bridgehead atoms. The lowest BCUT2D eigenvalue weighted by Gasteiger charge is -2.49. The first-order valence-electron chi connectivity index (χ1n) is 8.45. The highest BCUT2D eigenvalue weighted by Gasteiger charge is 2.53. The molecule has 1 unspecified atom stereocenters. The second-order valence-corrected chi connectivity index (χ2v) is 9.16. The van der Waals surface area contributed by atoms with Gasteiger partial charge in [-0.3, -0.25) is 14.5 Å². The van der Waals surface area contributed by atoms with Gasteiger partial charge < -0.3 is 15.7 Å². The summed E-state index contributed by atoms with van der Waals surface area (Å²) in [5.41, 5.74) is 0.680. The maximum atomic E-state index is 12.4. The normalized spacial score (nSPS) is 21.4. The number of benzene rings is 1. The minimum atomic E-state index is -1.12. The molecule has 1 aromatic carbocycles. The molecule has 0 saturated carbocycles. The Bertz CT molecular complexity index is 1040. The SMILES string of the molecule is CC1=C(C(=O)O)N2C(=O)C(NC(=O)CNc3cc4cc(Cl)ccc4s3)[C@@H]2SC1. The van der Waals surface area contributed by atoms with E-state index in [4.69, 9.17) is 11.6 Å². The Balaban J connectivity index is 1.37. The zero-order chi connectivity index (χ0) is 20.0. The first-order chi connectivity index (χ1) is 13.3. The van der Waals surface area contributed by atoms with E-state index in [-0.39, 0.29) is 29.4 Å². The van der Waals surface area contributed by atoms with Crippen molar-refractivity contribution in [2.45, 2.75) is 18.3 Å². The van der Waals surface area contributed by atoms with Crippen LogP contribution in [0.25, 0.3) is 10.1 Å². The molecule has 3 N–H and O–H groups in total. The third-order valence-electron chi connectivity index (χ3n) is 4.58. The summed E-state index contributed by atoms with van der Waals surface area (Å²) >= 11 is 8.95. The zero-order valence-corrected chi connectivity index (χ0v) is 17.1. The fraction of sp³-hybridized carbons (Fsp3) is 0.278. The molecule has 2 atom stereocenters. The number of carboxylic acid groups (broad SMARTS) is 1. The predicted molar refractivity (Wildman–Crippen MR) is 111 cm³/mol. The van der Waals surface area contributed by atoms with E-state index in [1.54, 1.807) is 6.92 Å². The molecule has 28 heavy (non-hydrogen) atoms. The highest BCUT2D eigenvalue weighted by Crippen LogP contribution is 2.40. The van der Waals surface area contributed by atoms with Gasteiger partial charge in [-0.05, 0) is 42.1 Å². The van der Waals surface area contributed by atoms with Gasteiger partial charge in [-0.15, -0.1) is 23.1 Å². The number of carbonyl (C=O) groups is 3. The molecule has 2 aliphatic heterocycles. The first kappa shape index (κ1) is 19.1. The number of anilines is 1. The summed E-state index contributed by atoms with van der Waals surface area (Å²) < 4.78 is 1.05. The van der Waals surface area contributed by atoms with Crippen molar-refractivity contribution in [1.29, 1.82) is 0 Å². The average molecular weight is 438 g/mol. The Morgan fingerprint density at radius 1 is 1.36 bits per heavy atom. The standard InChI is InChI=1S/C18H16ClN3O4S2/c1-8-7-27-17-14(16(24)22(17)15(8)18(25)26)21-12(23)6-20-13-5-9-4-10(19)2-3-11(9)28-13/h2-5,14,17,20H,6-7H2,1H3,(H,21,23)(H,25,26)/t14?,17-/m0/s1. The summed E-state index contributed by atoms with van der Waals surface area (Å²) in [4.78, 5) is 37.4. The molecule has 146 valence electrons. The molecule has 0 spiro atoms. The van der Waals surface area contributed by atoms with Crippen molar-refractivity contribution in [3.63, 3.8) is 0 Å². The van der Waals surface area contributed by atoms with Crippen molar-refractivity contribution < 1.29 is 19.5 Å². The Morgan fingerprint density at radius 3 is 2.89 bits per heavy atom. The first-order valence-corrected chi connectivity index (χ1v) is 10.7. The number of amides is 2. The Labute approximate surface area is 173 Å². The van der Waals surface area contributed by atoms with Gasteiger partial charge in [0.05, 0.1) is 11.5 Å². The number of thioether (sulfide) groups is 1. The highest BCUT2D eigenvalue weighted by molar-refractivity contribution is 8.00. The fourth-order valence-electron chi connectivity index (χ4n) is 3.27. The fourth-order valence-corrected chi connectivity index (χ4v) is 5.68. The molecule has 0 aliphatic carbocycles. The Kier molecular flexibility index (Phi) is 4.98. The smallest absolute Gasteiger partial charge is 0.352 e. The lowest BCUT2D eigenvalue weighted by Crippen LogP contribution is -2.70. The molecular formula is C18H16ClN3O4S2. The molecule has 1 aromatic heterocycles. The molecule has 7 nitrogen and oxygen atoms in total. The van der Waals surface area contributed by atoms with Gasteiger partial charge in [0.15, 0.2) is 0 Å². The van der Waals surface area contributed by atoms with Gasteiger partial charge in [0.1, 0.15) is 17.1 Å². The van der Waals surface area contributed by atoms with Gasteiger partial charge in [-0.1, -0.05) is 11.6 Å². The third kappa shape index (κ3) is 3.34. The van der Waals surface area contributed by atoms with Crippen LogP contribution in [-0.2, 0) is 14.4 Å². The number of nitrogens with zero attached hydrogens (tertiary/aromatic N) is 1. The molecule has 0 radical (unpaired) electrons. The lowest BCUT2D eigenvalue weighted by atomic mass is 10.0. The second kappa shape index (κ2) is 7.31. The van der Waals surface area contributed by atoms with Crippen molar-refractivity contribution in [3.05, 3.63) is 40.6 Å². The van der Waals surface area contributed by atoms with Crippen LogP contribution in [0.15, 0.2) is 35.5 Å². The molecule has 3 heterocycles. The largest absolute Gasteiger partial charge is 0.477 e. The Hall–Kier alpha value is -2.23. The lowest BCUT2D eigenvalue weighted by molar-refractivity contribution is -0.150. The van der Waals surface area contributed by atoms with Crippen LogP contribution in [0.3, 0.4) is 0 Å². The van der Waals surface area contributed by atoms with Crippen molar-refractivity contribution in [1.82, 2.24) is 10.2 Å². The number of nitrogens with one attached hydrogen (secondary N) is 2. The van der Waals surface area contributed by atoms with E-state index in [2.05, 4.69) is 10.6 Å². The number of halogens is 1. The van der Waals surface area contributed by atoms with E-state index in [9.17, 15) is 19.5 Å². The monoisotopic (exact) mass is 437 g/mol. The summed E-state index contributed by atoms with van der Waals surface area (Å²) in [5, 5.41) is 17.2. The van der Waals surface area contributed by atoms with Crippen LogP contribution in [0.2, 0.25) is 5.02 Å². The van der Waals surface area contributed by atoms with Crippen LogP contribution in [0, 0.1) is 0 Å². The number of hydrogen-bond acceptors (Lipinski definition) is 6. The van der Waals surface area contributed by atoms with Gasteiger partial charge in [-0.25, -0.2) is 4.79 Å². The number of carbonyl (C=O) groups excluding carboxylic acids is 2. The minimum absolute atomic E-state index is 0.0162. The van der Waals surface area contributed by atoms with Crippen LogP contribution in [0.5, 0.6) is 0 Å².